The molecule has 1 unspecified atom stereocenters. The van der Waals surface area contributed by atoms with Crippen LogP contribution in [0.4, 0.5) is 4.79 Å². The molecule has 1 aliphatic heterocycles. The molecular formula is C13H23N3O4. The van der Waals surface area contributed by atoms with Crippen molar-refractivity contribution in [2.24, 2.45) is 0 Å². The van der Waals surface area contributed by atoms with E-state index in [2.05, 4.69) is 10.6 Å². The topological polar surface area (TPSA) is 98.7 Å². The second kappa shape index (κ2) is 8.39. The highest BCUT2D eigenvalue weighted by Crippen LogP contribution is 2.17. The summed E-state index contributed by atoms with van der Waals surface area (Å²) in [6.07, 6.45) is 3.19. The highest BCUT2D eigenvalue weighted by atomic mass is 16.4. The number of hydrogen-bond acceptors (Lipinski definition) is 3. The van der Waals surface area contributed by atoms with Gasteiger partial charge < -0.3 is 20.6 Å². The summed E-state index contributed by atoms with van der Waals surface area (Å²) >= 11 is 0. The fourth-order valence-electron chi connectivity index (χ4n) is 2.17. The quantitative estimate of drug-likeness (QED) is 0.663. The SMILES string of the molecule is CCCNC(=O)CCNC(=O)N1CCCCC1C(=O)O. The summed E-state index contributed by atoms with van der Waals surface area (Å²) in [5.74, 6) is -1.08. The first-order valence-corrected chi connectivity index (χ1v) is 7.10. The molecule has 1 atom stereocenters. The standard InChI is InChI=1S/C13H23N3O4/c1-2-7-14-11(17)6-8-15-13(20)16-9-4-3-5-10(16)12(18)19/h10H,2-9H2,1H3,(H,14,17)(H,15,20)(H,18,19). The number of carbonyl (C=O) groups is 3. The van der Waals surface area contributed by atoms with E-state index >= 15 is 0 Å². The molecule has 0 bridgehead atoms. The summed E-state index contributed by atoms with van der Waals surface area (Å²) in [6.45, 7) is 3.26. The monoisotopic (exact) mass is 285 g/mol. The van der Waals surface area contributed by atoms with Gasteiger partial charge in [0.25, 0.3) is 0 Å². The molecule has 1 fully saturated rings. The third-order valence-electron chi connectivity index (χ3n) is 3.25. The van der Waals surface area contributed by atoms with Gasteiger partial charge in [0, 0.05) is 26.1 Å². The van der Waals surface area contributed by atoms with Gasteiger partial charge in [0.1, 0.15) is 6.04 Å². The van der Waals surface area contributed by atoms with Gasteiger partial charge in [0.15, 0.2) is 0 Å². The van der Waals surface area contributed by atoms with Crippen LogP contribution in [0.1, 0.15) is 39.0 Å². The fourth-order valence-corrected chi connectivity index (χ4v) is 2.17. The zero-order chi connectivity index (χ0) is 15.0. The van der Waals surface area contributed by atoms with Crippen molar-refractivity contribution < 1.29 is 19.5 Å². The van der Waals surface area contributed by atoms with E-state index in [1.54, 1.807) is 0 Å². The smallest absolute Gasteiger partial charge is 0.326 e. The van der Waals surface area contributed by atoms with Gasteiger partial charge in [-0.25, -0.2) is 9.59 Å². The van der Waals surface area contributed by atoms with E-state index in [0.29, 0.717) is 19.5 Å². The van der Waals surface area contributed by atoms with Crippen LogP contribution >= 0.6 is 0 Å². The minimum Gasteiger partial charge on any atom is -0.480 e. The van der Waals surface area contributed by atoms with Gasteiger partial charge in [-0.15, -0.1) is 0 Å². The van der Waals surface area contributed by atoms with Crippen LogP contribution in [0.2, 0.25) is 0 Å². The summed E-state index contributed by atoms with van der Waals surface area (Å²) < 4.78 is 0. The third kappa shape index (κ3) is 5.07. The van der Waals surface area contributed by atoms with E-state index in [4.69, 9.17) is 5.11 Å². The van der Waals surface area contributed by atoms with Crippen molar-refractivity contribution in [2.75, 3.05) is 19.6 Å². The molecule has 0 saturated carbocycles. The van der Waals surface area contributed by atoms with E-state index in [0.717, 1.165) is 19.3 Å². The summed E-state index contributed by atoms with van der Waals surface area (Å²) in [4.78, 5) is 35.7. The Labute approximate surface area is 118 Å². The molecule has 7 heteroatoms. The van der Waals surface area contributed by atoms with Crippen molar-refractivity contribution in [1.82, 2.24) is 15.5 Å². The second-order valence-electron chi connectivity index (χ2n) is 4.88. The number of likely N-dealkylation sites (tertiary alicyclic amines) is 1. The van der Waals surface area contributed by atoms with Crippen LogP contribution in [0.5, 0.6) is 0 Å². The van der Waals surface area contributed by atoms with Gasteiger partial charge in [0.05, 0.1) is 0 Å². The number of nitrogens with one attached hydrogen (secondary N) is 2. The van der Waals surface area contributed by atoms with E-state index in [1.165, 1.54) is 4.90 Å². The Morgan fingerprint density at radius 1 is 1.20 bits per heavy atom. The average molecular weight is 285 g/mol. The number of carbonyl (C=O) groups excluding carboxylic acids is 2. The lowest BCUT2D eigenvalue weighted by molar-refractivity contribution is -0.143. The minimum atomic E-state index is -0.972. The molecule has 1 saturated heterocycles. The number of amides is 3. The molecule has 114 valence electrons. The van der Waals surface area contributed by atoms with Crippen molar-refractivity contribution in [3.05, 3.63) is 0 Å². The molecule has 0 aromatic carbocycles. The molecule has 0 radical (unpaired) electrons. The number of nitrogens with zero attached hydrogens (tertiary/aromatic N) is 1. The Kier molecular flexibility index (Phi) is 6.83. The number of hydrogen-bond donors (Lipinski definition) is 3. The van der Waals surface area contributed by atoms with Crippen molar-refractivity contribution in [2.45, 2.75) is 45.1 Å². The van der Waals surface area contributed by atoms with E-state index < -0.39 is 18.0 Å². The zero-order valence-corrected chi connectivity index (χ0v) is 11.9. The lowest BCUT2D eigenvalue weighted by Crippen LogP contribution is -2.52. The lowest BCUT2D eigenvalue weighted by atomic mass is 10.0. The Morgan fingerprint density at radius 2 is 1.95 bits per heavy atom. The molecule has 1 rings (SSSR count). The molecule has 0 aromatic rings. The lowest BCUT2D eigenvalue weighted by Gasteiger charge is -2.32. The normalized spacial score (nSPS) is 18.4. The molecule has 3 amide bonds. The summed E-state index contributed by atoms with van der Waals surface area (Å²) in [5.41, 5.74) is 0. The first kappa shape index (κ1) is 16.3. The summed E-state index contributed by atoms with van der Waals surface area (Å²) in [6, 6.07) is -1.15. The first-order chi connectivity index (χ1) is 9.56. The third-order valence-corrected chi connectivity index (χ3v) is 3.25. The molecule has 1 heterocycles. The number of piperidine rings is 1. The highest BCUT2D eigenvalue weighted by Gasteiger charge is 2.31. The van der Waals surface area contributed by atoms with Crippen LogP contribution in [0.15, 0.2) is 0 Å². The second-order valence-corrected chi connectivity index (χ2v) is 4.88. The summed E-state index contributed by atoms with van der Waals surface area (Å²) in [5, 5.41) is 14.4. The van der Waals surface area contributed by atoms with Gasteiger partial charge in [-0.3, -0.25) is 4.79 Å². The number of rotatable bonds is 6. The molecule has 0 aliphatic carbocycles. The number of urea groups is 1. The van der Waals surface area contributed by atoms with Crippen LogP contribution in [-0.2, 0) is 9.59 Å². The van der Waals surface area contributed by atoms with Crippen molar-refractivity contribution >= 4 is 17.9 Å². The molecule has 20 heavy (non-hydrogen) atoms. The Morgan fingerprint density at radius 3 is 2.60 bits per heavy atom. The first-order valence-electron chi connectivity index (χ1n) is 7.10. The maximum Gasteiger partial charge on any atom is 0.326 e. The molecule has 0 aromatic heterocycles. The Hall–Kier alpha value is -1.79. The average Bonchev–Trinajstić information content (AvgIpc) is 2.44. The molecular weight excluding hydrogens is 262 g/mol. The van der Waals surface area contributed by atoms with Crippen LogP contribution in [0, 0.1) is 0 Å². The molecule has 3 N–H and O–H groups in total. The van der Waals surface area contributed by atoms with E-state index in [-0.39, 0.29) is 18.9 Å². The van der Waals surface area contributed by atoms with Gasteiger partial charge in [-0.05, 0) is 25.7 Å². The highest BCUT2D eigenvalue weighted by molar-refractivity contribution is 5.83. The predicted octanol–water partition coefficient (Wildman–Crippen LogP) is 0.551. The Balaban J connectivity index is 2.33. The predicted molar refractivity (Wildman–Crippen MR) is 73.3 cm³/mol. The zero-order valence-electron chi connectivity index (χ0n) is 11.9. The van der Waals surface area contributed by atoms with Crippen molar-refractivity contribution in [3.63, 3.8) is 0 Å². The minimum absolute atomic E-state index is 0.111. The largest absolute Gasteiger partial charge is 0.480 e. The number of carboxylic acid groups (broad SMARTS) is 1. The molecule has 0 spiro atoms. The maximum atomic E-state index is 11.9. The van der Waals surface area contributed by atoms with E-state index in [1.807, 2.05) is 6.92 Å². The van der Waals surface area contributed by atoms with Crippen LogP contribution in [0.3, 0.4) is 0 Å². The number of carboxylic acids is 1. The number of aliphatic carboxylic acids is 1. The van der Waals surface area contributed by atoms with Crippen molar-refractivity contribution in [3.8, 4) is 0 Å². The van der Waals surface area contributed by atoms with Crippen LogP contribution in [-0.4, -0.2) is 53.6 Å². The molecule has 7 nitrogen and oxygen atoms in total. The van der Waals surface area contributed by atoms with Gasteiger partial charge in [-0.1, -0.05) is 6.92 Å². The van der Waals surface area contributed by atoms with Crippen LogP contribution in [0.25, 0.3) is 0 Å². The molecule has 1 aliphatic rings. The van der Waals surface area contributed by atoms with Gasteiger partial charge in [-0.2, -0.15) is 0 Å². The van der Waals surface area contributed by atoms with Gasteiger partial charge >= 0.3 is 12.0 Å². The Bertz CT molecular complexity index is 360. The van der Waals surface area contributed by atoms with Crippen molar-refractivity contribution in [1.29, 1.82) is 0 Å². The maximum absolute atomic E-state index is 11.9. The van der Waals surface area contributed by atoms with Gasteiger partial charge in [0.2, 0.25) is 5.91 Å². The fraction of sp³-hybridized carbons (Fsp3) is 0.769. The van der Waals surface area contributed by atoms with E-state index in [9.17, 15) is 14.4 Å². The van der Waals surface area contributed by atoms with Crippen LogP contribution < -0.4 is 10.6 Å². The summed E-state index contributed by atoms with van der Waals surface area (Å²) in [7, 11) is 0.